The molecule has 0 aromatic heterocycles. The first-order chi connectivity index (χ1) is 10.2. The van der Waals surface area contributed by atoms with Gasteiger partial charge in [-0.2, -0.15) is 0 Å². The van der Waals surface area contributed by atoms with Crippen molar-refractivity contribution in [2.45, 2.75) is 6.10 Å². The first-order valence-corrected chi connectivity index (χ1v) is 7.17. The van der Waals surface area contributed by atoms with Crippen LogP contribution in [0.3, 0.4) is 0 Å². The van der Waals surface area contributed by atoms with Crippen molar-refractivity contribution in [1.29, 1.82) is 0 Å². The number of nitrogens with one attached hydrogen (secondary N) is 1. The summed E-state index contributed by atoms with van der Waals surface area (Å²) in [6.07, 6.45) is -0.420. The average Bonchev–Trinajstić information content (AvgIpc) is 2.53. The third-order valence-corrected chi connectivity index (χ3v) is 3.50. The van der Waals surface area contributed by atoms with E-state index < -0.39 is 6.10 Å². The highest BCUT2D eigenvalue weighted by Gasteiger charge is 2.14. The molecule has 0 saturated carbocycles. The Bertz CT molecular complexity index is 436. The standard InChI is InChI=1S/C15H24N2O4/c1-19-14-4-3-12(9-15(14)20-2)16-10-13(18)11-17-5-7-21-8-6-17/h3-4,9,13,16,18H,5-8,10-11H2,1-2H3. The normalized spacial score (nSPS) is 17.3. The first kappa shape index (κ1) is 15.9. The third kappa shape index (κ3) is 4.77. The van der Waals surface area contributed by atoms with E-state index in [4.69, 9.17) is 14.2 Å². The van der Waals surface area contributed by atoms with Gasteiger partial charge in [0.25, 0.3) is 0 Å². The SMILES string of the molecule is COc1ccc(NCC(O)CN2CCOCC2)cc1OC. The van der Waals surface area contributed by atoms with Crippen molar-refractivity contribution < 1.29 is 19.3 Å². The molecule has 1 aliphatic rings. The van der Waals surface area contributed by atoms with Crippen LogP contribution in [0.15, 0.2) is 18.2 Å². The van der Waals surface area contributed by atoms with E-state index in [9.17, 15) is 5.11 Å². The van der Waals surface area contributed by atoms with E-state index in [2.05, 4.69) is 10.2 Å². The number of methoxy groups -OCH3 is 2. The zero-order chi connectivity index (χ0) is 15.1. The fourth-order valence-electron chi connectivity index (χ4n) is 2.33. The lowest BCUT2D eigenvalue weighted by Crippen LogP contribution is -2.42. The van der Waals surface area contributed by atoms with Gasteiger partial charge in [0.2, 0.25) is 0 Å². The maximum absolute atomic E-state index is 10.1. The van der Waals surface area contributed by atoms with E-state index >= 15 is 0 Å². The molecule has 2 rings (SSSR count). The topological polar surface area (TPSA) is 63.2 Å². The summed E-state index contributed by atoms with van der Waals surface area (Å²) in [4.78, 5) is 2.21. The van der Waals surface area contributed by atoms with Crippen molar-refractivity contribution in [3.05, 3.63) is 18.2 Å². The molecule has 1 atom stereocenters. The Morgan fingerprint density at radius 2 is 1.95 bits per heavy atom. The molecule has 1 unspecified atom stereocenters. The zero-order valence-corrected chi connectivity index (χ0v) is 12.7. The van der Waals surface area contributed by atoms with Crippen LogP contribution in [0.1, 0.15) is 0 Å². The lowest BCUT2D eigenvalue weighted by atomic mass is 10.2. The number of hydrogen-bond donors (Lipinski definition) is 2. The van der Waals surface area contributed by atoms with Gasteiger partial charge in [-0.05, 0) is 12.1 Å². The lowest BCUT2D eigenvalue weighted by Gasteiger charge is -2.28. The number of morpholine rings is 1. The number of aliphatic hydroxyl groups excluding tert-OH is 1. The molecule has 6 heteroatoms. The van der Waals surface area contributed by atoms with E-state index in [1.807, 2.05) is 18.2 Å². The van der Waals surface area contributed by atoms with Crippen LogP contribution >= 0.6 is 0 Å². The molecular weight excluding hydrogens is 272 g/mol. The van der Waals surface area contributed by atoms with Gasteiger partial charge in [0, 0.05) is 37.9 Å². The Morgan fingerprint density at radius 3 is 2.62 bits per heavy atom. The molecule has 1 aromatic carbocycles. The molecule has 1 aliphatic heterocycles. The highest BCUT2D eigenvalue weighted by atomic mass is 16.5. The van der Waals surface area contributed by atoms with Crippen LogP contribution in [0.25, 0.3) is 0 Å². The number of anilines is 1. The minimum Gasteiger partial charge on any atom is -0.493 e. The quantitative estimate of drug-likeness (QED) is 0.776. The second-order valence-electron chi connectivity index (χ2n) is 5.02. The number of β-amino-alcohol motifs (C(OH)–C–C–N with tert-alkyl or cyclic N) is 1. The predicted octanol–water partition coefficient (Wildman–Crippen LogP) is 0.809. The largest absolute Gasteiger partial charge is 0.493 e. The van der Waals surface area contributed by atoms with Gasteiger partial charge in [0.05, 0.1) is 33.5 Å². The lowest BCUT2D eigenvalue weighted by molar-refractivity contribution is 0.0171. The van der Waals surface area contributed by atoms with Gasteiger partial charge >= 0.3 is 0 Å². The first-order valence-electron chi connectivity index (χ1n) is 7.17. The van der Waals surface area contributed by atoms with Crippen LogP contribution in [0.5, 0.6) is 11.5 Å². The smallest absolute Gasteiger partial charge is 0.162 e. The number of hydrogen-bond acceptors (Lipinski definition) is 6. The molecular formula is C15H24N2O4. The molecule has 1 heterocycles. The molecule has 21 heavy (non-hydrogen) atoms. The van der Waals surface area contributed by atoms with Gasteiger partial charge in [0.15, 0.2) is 11.5 Å². The summed E-state index contributed by atoms with van der Waals surface area (Å²) in [7, 11) is 3.21. The van der Waals surface area contributed by atoms with E-state index in [0.717, 1.165) is 32.0 Å². The Balaban J connectivity index is 1.81. The van der Waals surface area contributed by atoms with Gasteiger partial charge in [-0.15, -0.1) is 0 Å². The molecule has 0 aliphatic carbocycles. The fourth-order valence-corrected chi connectivity index (χ4v) is 2.33. The molecule has 2 N–H and O–H groups in total. The average molecular weight is 296 g/mol. The molecule has 1 aromatic rings. The van der Waals surface area contributed by atoms with E-state index in [0.29, 0.717) is 24.6 Å². The van der Waals surface area contributed by atoms with Crippen molar-refractivity contribution in [1.82, 2.24) is 4.90 Å². The summed E-state index contributed by atoms with van der Waals surface area (Å²) in [5.41, 5.74) is 0.897. The number of aliphatic hydroxyl groups is 1. The molecule has 1 saturated heterocycles. The minimum atomic E-state index is -0.420. The van der Waals surface area contributed by atoms with E-state index in [1.165, 1.54) is 0 Å². The third-order valence-electron chi connectivity index (χ3n) is 3.50. The van der Waals surface area contributed by atoms with Gasteiger partial charge in [-0.25, -0.2) is 0 Å². The van der Waals surface area contributed by atoms with Crippen molar-refractivity contribution >= 4 is 5.69 Å². The highest BCUT2D eigenvalue weighted by Crippen LogP contribution is 2.29. The molecule has 0 bridgehead atoms. The van der Waals surface area contributed by atoms with Crippen molar-refractivity contribution in [2.75, 3.05) is 58.9 Å². The Kier molecular flexibility index (Phi) is 6.10. The second kappa shape index (κ2) is 8.07. The molecule has 0 radical (unpaired) electrons. The van der Waals surface area contributed by atoms with Crippen LogP contribution in [-0.2, 0) is 4.74 Å². The molecule has 118 valence electrons. The zero-order valence-electron chi connectivity index (χ0n) is 12.7. The highest BCUT2D eigenvalue weighted by molar-refractivity contribution is 5.54. The van der Waals surface area contributed by atoms with E-state index in [-0.39, 0.29) is 0 Å². The molecule has 6 nitrogen and oxygen atoms in total. The second-order valence-corrected chi connectivity index (χ2v) is 5.02. The van der Waals surface area contributed by atoms with Gasteiger partial charge < -0.3 is 24.6 Å². The van der Waals surface area contributed by atoms with Crippen LogP contribution in [0.4, 0.5) is 5.69 Å². The monoisotopic (exact) mass is 296 g/mol. The van der Waals surface area contributed by atoms with Gasteiger partial charge in [0.1, 0.15) is 0 Å². The molecule has 0 amide bonds. The summed E-state index contributed by atoms with van der Waals surface area (Å²) >= 11 is 0. The van der Waals surface area contributed by atoms with Crippen LogP contribution in [0.2, 0.25) is 0 Å². The van der Waals surface area contributed by atoms with Gasteiger partial charge in [-0.1, -0.05) is 0 Å². The van der Waals surface area contributed by atoms with Crippen LogP contribution < -0.4 is 14.8 Å². The number of rotatable bonds is 7. The summed E-state index contributed by atoms with van der Waals surface area (Å²) < 4.78 is 15.7. The fraction of sp³-hybridized carbons (Fsp3) is 0.600. The Hall–Kier alpha value is -1.50. The summed E-state index contributed by atoms with van der Waals surface area (Å²) in [6, 6.07) is 5.61. The maximum atomic E-state index is 10.1. The Morgan fingerprint density at radius 1 is 1.24 bits per heavy atom. The maximum Gasteiger partial charge on any atom is 0.162 e. The number of ether oxygens (including phenoxy) is 3. The summed E-state index contributed by atoms with van der Waals surface area (Å²) in [6.45, 7) is 4.41. The minimum absolute atomic E-state index is 0.420. The predicted molar refractivity (Wildman–Crippen MR) is 81.3 cm³/mol. The van der Waals surface area contributed by atoms with Crippen molar-refractivity contribution in [3.63, 3.8) is 0 Å². The molecule has 1 fully saturated rings. The Labute approximate surface area is 125 Å². The van der Waals surface area contributed by atoms with Crippen LogP contribution in [-0.4, -0.2) is 69.7 Å². The van der Waals surface area contributed by atoms with Crippen molar-refractivity contribution in [3.8, 4) is 11.5 Å². The van der Waals surface area contributed by atoms with E-state index in [1.54, 1.807) is 14.2 Å². The van der Waals surface area contributed by atoms with Crippen LogP contribution in [0, 0.1) is 0 Å². The number of nitrogens with zero attached hydrogens (tertiary/aromatic N) is 1. The van der Waals surface area contributed by atoms with Crippen molar-refractivity contribution in [2.24, 2.45) is 0 Å². The summed E-state index contributed by atoms with van der Waals surface area (Å²) in [5, 5.41) is 13.3. The van der Waals surface area contributed by atoms with Gasteiger partial charge in [-0.3, -0.25) is 4.90 Å². The summed E-state index contributed by atoms with van der Waals surface area (Å²) in [5.74, 6) is 1.36. The molecule has 0 spiro atoms. The number of benzene rings is 1.